The Morgan fingerprint density at radius 2 is 1.67 bits per heavy atom. The van der Waals surface area contributed by atoms with Crippen LogP contribution in [0.4, 0.5) is 11.4 Å². The zero-order valence-electron chi connectivity index (χ0n) is 11.0. The van der Waals surface area contributed by atoms with Gasteiger partial charge in [-0.25, -0.2) is 0 Å². The molecule has 0 fully saturated rings. The summed E-state index contributed by atoms with van der Waals surface area (Å²) in [5.41, 5.74) is 11.6. The highest BCUT2D eigenvalue weighted by atomic mass is 14.9. The lowest BCUT2D eigenvalue weighted by atomic mass is 10.1. The number of rotatable bonds is 4. The van der Waals surface area contributed by atoms with E-state index in [9.17, 15) is 0 Å². The number of hydrogen-bond acceptors (Lipinski definition) is 2. The predicted molar refractivity (Wildman–Crippen MR) is 78.7 cm³/mol. The summed E-state index contributed by atoms with van der Waals surface area (Å²) in [4.78, 5) is 0. The average Bonchev–Trinajstić information content (AvgIpc) is 2.40. The number of nitrogens with two attached hydrogens (primary N) is 1. The summed E-state index contributed by atoms with van der Waals surface area (Å²) in [6.07, 6.45) is 1.09. The molecule has 0 aliphatic rings. The average molecular weight is 240 g/mol. The van der Waals surface area contributed by atoms with Gasteiger partial charge in [-0.15, -0.1) is 0 Å². The largest absolute Gasteiger partial charge is 0.399 e. The van der Waals surface area contributed by atoms with Crippen LogP contribution >= 0.6 is 0 Å². The van der Waals surface area contributed by atoms with E-state index in [2.05, 4.69) is 43.4 Å². The van der Waals surface area contributed by atoms with Crippen molar-refractivity contribution in [1.29, 1.82) is 0 Å². The maximum absolute atomic E-state index is 5.79. The summed E-state index contributed by atoms with van der Waals surface area (Å²) in [6.45, 7) is 5.08. The molecule has 0 atom stereocenters. The van der Waals surface area contributed by atoms with Crippen LogP contribution in [0.2, 0.25) is 0 Å². The first-order valence-corrected chi connectivity index (χ1v) is 6.37. The summed E-state index contributed by atoms with van der Waals surface area (Å²) >= 11 is 0. The second kappa shape index (κ2) is 5.58. The standard InChI is InChI=1S/C16H20N2/c1-3-13-5-7-14(8-6-13)11-18-16-10-15(17)9-4-12(16)2/h4-10,18H,3,11,17H2,1-2H3. The molecular weight excluding hydrogens is 220 g/mol. The monoisotopic (exact) mass is 240 g/mol. The fraction of sp³-hybridized carbons (Fsp3) is 0.250. The van der Waals surface area contributed by atoms with Gasteiger partial charge in [-0.05, 0) is 42.2 Å². The van der Waals surface area contributed by atoms with E-state index in [1.165, 1.54) is 16.7 Å². The predicted octanol–water partition coefficient (Wildman–Crippen LogP) is 3.75. The molecule has 3 N–H and O–H groups in total. The molecule has 2 heteroatoms. The molecule has 94 valence electrons. The van der Waals surface area contributed by atoms with Crippen LogP contribution in [0.3, 0.4) is 0 Å². The van der Waals surface area contributed by atoms with Gasteiger partial charge in [0.05, 0.1) is 0 Å². The van der Waals surface area contributed by atoms with Crippen LogP contribution in [0.15, 0.2) is 42.5 Å². The number of hydrogen-bond donors (Lipinski definition) is 2. The van der Waals surface area contributed by atoms with Crippen LogP contribution in [0, 0.1) is 6.92 Å². The summed E-state index contributed by atoms with van der Waals surface area (Å²) in [7, 11) is 0. The molecule has 0 aliphatic heterocycles. The SMILES string of the molecule is CCc1ccc(CNc2cc(N)ccc2C)cc1. The first-order valence-electron chi connectivity index (χ1n) is 6.37. The van der Waals surface area contributed by atoms with Gasteiger partial charge in [0.1, 0.15) is 0 Å². The second-order valence-electron chi connectivity index (χ2n) is 4.60. The molecule has 2 nitrogen and oxygen atoms in total. The first-order chi connectivity index (χ1) is 8.69. The number of nitrogens with one attached hydrogen (secondary N) is 1. The normalized spacial score (nSPS) is 10.3. The van der Waals surface area contributed by atoms with Crippen LogP contribution in [0.25, 0.3) is 0 Å². The minimum absolute atomic E-state index is 0.796. The van der Waals surface area contributed by atoms with Gasteiger partial charge >= 0.3 is 0 Å². The highest BCUT2D eigenvalue weighted by Gasteiger charge is 1.99. The van der Waals surface area contributed by atoms with E-state index in [1.54, 1.807) is 0 Å². The molecule has 0 unspecified atom stereocenters. The number of anilines is 2. The first kappa shape index (κ1) is 12.5. The van der Waals surface area contributed by atoms with Gasteiger partial charge in [0.15, 0.2) is 0 Å². The van der Waals surface area contributed by atoms with E-state index in [4.69, 9.17) is 5.73 Å². The summed E-state index contributed by atoms with van der Waals surface area (Å²) in [5, 5.41) is 3.43. The number of nitrogen functional groups attached to an aromatic ring is 1. The quantitative estimate of drug-likeness (QED) is 0.799. The third-order valence-electron chi connectivity index (χ3n) is 3.18. The highest BCUT2D eigenvalue weighted by Crippen LogP contribution is 2.19. The van der Waals surface area contributed by atoms with Crippen molar-refractivity contribution in [1.82, 2.24) is 0 Å². The molecule has 0 saturated carbocycles. The minimum Gasteiger partial charge on any atom is -0.399 e. The molecule has 0 saturated heterocycles. The van der Waals surface area contributed by atoms with Crippen molar-refractivity contribution in [3.8, 4) is 0 Å². The Labute approximate surface area is 109 Å². The van der Waals surface area contributed by atoms with Gasteiger partial charge in [0.25, 0.3) is 0 Å². The zero-order chi connectivity index (χ0) is 13.0. The van der Waals surface area contributed by atoms with E-state index in [1.807, 2.05) is 18.2 Å². The summed E-state index contributed by atoms with van der Waals surface area (Å²) in [6, 6.07) is 14.7. The van der Waals surface area contributed by atoms with Crippen molar-refractivity contribution in [2.45, 2.75) is 26.8 Å². The maximum atomic E-state index is 5.79. The van der Waals surface area contributed by atoms with Crippen LogP contribution in [0.5, 0.6) is 0 Å². The molecule has 2 aromatic rings. The highest BCUT2D eigenvalue weighted by molar-refractivity contribution is 5.59. The Morgan fingerprint density at radius 3 is 2.33 bits per heavy atom. The minimum atomic E-state index is 0.796. The Bertz CT molecular complexity index is 515. The molecular formula is C16H20N2. The van der Waals surface area contributed by atoms with Gasteiger partial charge in [-0.3, -0.25) is 0 Å². The Kier molecular flexibility index (Phi) is 3.88. The van der Waals surface area contributed by atoms with Crippen LogP contribution in [-0.4, -0.2) is 0 Å². The van der Waals surface area contributed by atoms with E-state index in [-0.39, 0.29) is 0 Å². The van der Waals surface area contributed by atoms with Gasteiger partial charge in [-0.2, -0.15) is 0 Å². The van der Waals surface area contributed by atoms with Gasteiger partial charge in [0, 0.05) is 17.9 Å². The summed E-state index contributed by atoms with van der Waals surface area (Å²) in [5.74, 6) is 0. The van der Waals surface area contributed by atoms with Crippen molar-refractivity contribution in [3.05, 3.63) is 59.2 Å². The molecule has 2 aromatic carbocycles. The van der Waals surface area contributed by atoms with Gasteiger partial charge in [-0.1, -0.05) is 37.3 Å². The molecule has 0 aliphatic carbocycles. The lowest BCUT2D eigenvalue weighted by Crippen LogP contribution is -2.02. The van der Waals surface area contributed by atoms with Crippen molar-refractivity contribution in [3.63, 3.8) is 0 Å². The zero-order valence-corrected chi connectivity index (χ0v) is 11.0. The van der Waals surface area contributed by atoms with Crippen molar-refractivity contribution < 1.29 is 0 Å². The molecule has 0 amide bonds. The molecule has 0 aromatic heterocycles. The van der Waals surface area contributed by atoms with Crippen LogP contribution < -0.4 is 11.1 Å². The Balaban J connectivity index is 2.04. The fourth-order valence-electron chi connectivity index (χ4n) is 1.92. The molecule has 0 heterocycles. The van der Waals surface area contributed by atoms with Gasteiger partial charge < -0.3 is 11.1 Å². The van der Waals surface area contributed by atoms with Crippen LogP contribution in [0.1, 0.15) is 23.6 Å². The van der Waals surface area contributed by atoms with Crippen molar-refractivity contribution in [2.24, 2.45) is 0 Å². The van der Waals surface area contributed by atoms with E-state index >= 15 is 0 Å². The Hall–Kier alpha value is -1.96. The fourth-order valence-corrected chi connectivity index (χ4v) is 1.92. The molecule has 0 radical (unpaired) electrons. The Morgan fingerprint density at radius 1 is 1.00 bits per heavy atom. The lowest BCUT2D eigenvalue weighted by molar-refractivity contribution is 1.10. The third kappa shape index (κ3) is 3.04. The lowest BCUT2D eigenvalue weighted by Gasteiger charge is -2.10. The van der Waals surface area contributed by atoms with E-state index in [0.29, 0.717) is 0 Å². The van der Waals surface area contributed by atoms with Gasteiger partial charge in [0.2, 0.25) is 0 Å². The molecule has 0 bridgehead atoms. The smallest absolute Gasteiger partial charge is 0.0400 e. The molecule has 0 spiro atoms. The maximum Gasteiger partial charge on any atom is 0.0400 e. The van der Waals surface area contributed by atoms with Crippen LogP contribution in [-0.2, 0) is 13.0 Å². The number of benzene rings is 2. The van der Waals surface area contributed by atoms with E-state index in [0.717, 1.165) is 24.3 Å². The van der Waals surface area contributed by atoms with Crippen molar-refractivity contribution >= 4 is 11.4 Å². The second-order valence-corrected chi connectivity index (χ2v) is 4.60. The summed E-state index contributed by atoms with van der Waals surface area (Å²) < 4.78 is 0. The third-order valence-corrected chi connectivity index (χ3v) is 3.18. The number of aryl methyl sites for hydroxylation is 2. The van der Waals surface area contributed by atoms with E-state index < -0.39 is 0 Å². The topological polar surface area (TPSA) is 38.0 Å². The molecule has 18 heavy (non-hydrogen) atoms. The molecule has 2 rings (SSSR count). The van der Waals surface area contributed by atoms with Crippen molar-refractivity contribution in [2.75, 3.05) is 11.1 Å².